The Kier molecular flexibility index (Phi) is 4.93. The smallest absolute Gasteiger partial charge is 0.110 e. The van der Waals surface area contributed by atoms with Gasteiger partial charge in [0.15, 0.2) is 0 Å². The molecule has 21 heavy (non-hydrogen) atoms. The van der Waals surface area contributed by atoms with Crippen molar-refractivity contribution in [2.75, 3.05) is 6.67 Å². The number of rotatable bonds is 6. The fraction of sp³-hybridized carbons (Fsp3) is 0.0625. The van der Waals surface area contributed by atoms with Crippen LogP contribution in [-0.2, 0) is 0 Å². The minimum absolute atomic E-state index is 0.533. The van der Waals surface area contributed by atoms with E-state index in [2.05, 4.69) is 21.9 Å². The predicted octanol–water partition coefficient (Wildman–Crippen LogP) is 3.25. The van der Waals surface area contributed by atoms with Crippen LogP contribution < -0.4 is 5.32 Å². The summed E-state index contributed by atoms with van der Waals surface area (Å²) in [6, 6.07) is 7.51. The van der Waals surface area contributed by atoms with Crippen LogP contribution in [0, 0.1) is 5.41 Å². The third kappa shape index (κ3) is 3.60. The number of nitrogens with zero attached hydrogens (tertiary/aromatic N) is 2. The molecule has 0 radical (unpaired) electrons. The summed E-state index contributed by atoms with van der Waals surface area (Å²) in [5.41, 5.74) is 3.19. The highest BCUT2D eigenvalue weighted by Crippen LogP contribution is 2.13. The molecule has 1 aromatic carbocycles. The molecule has 0 unspecified atom stereocenters. The average Bonchev–Trinajstić information content (AvgIpc) is 2.54. The second-order valence-corrected chi connectivity index (χ2v) is 4.15. The van der Waals surface area contributed by atoms with Crippen LogP contribution in [0.3, 0.4) is 0 Å². The number of fused-ring (bicyclic) bond motifs is 1. The second kappa shape index (κ2) is 7.09. The molecule has 0 saturated carbocycles. The normalized spacial score (nSPS) is 12.2. The Bertz CT molecular complexity index is 719. The Balaban J connectivity index is 2.32. The first-order valence-electron chi connectivity index (χ1n) is 6.36. The van der Waals surface area contributed by atoms with Crippen molar-refractivity contribution < 1.29 is 4.39 Å². The SMILES string of the molecule is C=C/C(=C\CF)N/C=C(\C=N)c1cnc2ccccc2n1. The van der Waals surface area contributed by atoms with E-state index in [0.29, 0.717) is 17.0 Å². The Morgan fingerprint density at radius 2 is 2.10 bits per heavy atom. The van der Waals surface area contributed by atoms with Crippen molar-refractivity contribution in [3.05, 3.63) is 66.8 Å². The number of para-hydroxylation sites is 2. The highest BCUT2D eigenvalue weighted by atomic mass is 19.1. The first-order valence-corrected chi connectivity index (χ1v) is 6.36. The van der Waals surface area contributed by atoms with E-state index in [0.717, 1.165) is 11.0 Å². The monoisotopic (exact) mass is 282 g/mol. The van der Waals surface area contributed by atoms with Gasteiger partial charge in [0.2, 0.25) is 0 Å². The van der Waals surface area contributed by atoms with Crippen LogP contribution in [0.5, 0.6) is 0 Å². The molecule has 106 valence electrons. The van der Waals surface area contributed by atoms with Gasteiger partial charge in [0.1, 0.15) is 6.67 Å². The Hall–Kier alpha value is -2.82. The summed E-state index contributed by atoms with van der Waals surface area (Å²) < 4.78 is 12.3. The molecule has 0 bridgehead atoms. The zero-order chi connectivity index (χ0) is 15.1. The van der Waals surface area contributed by atoms with E-state index in [-0.39, 0.29) is 0 Å². The van der Waals surface area contributed by atoms with Gasteiger partial charge in [-0.05, 0) is 24.3 Å². The first-order chi connectivity index (χ1) is 10.3. The number of nitrogens with one attached hydrogen (secondary N) is 2. The predicted molar refractivity (Wildman–Crippen MR) is 83.7 cm³/mol. The Labute approximate surface area is 122 Å². The fourth-order valence-electron chi connectivity index (χ4n) is 1.73. The van der Waals surface area contributed by atoms with Gasteiger partial charge in [0.05, 0.1) is 22.9 Å². The number of hydrogen-bond acceptors (Lipinski definition) is 4. The van der Waals surface area contributed by atoms with Gasteiger partial charge in [0, 0.05) is 23.7 Å². The lowest BCUT2D eigenvalue weighted by molar-refractivity contribution is 0.559. The van der Waals surface area contributed by atoms with Crippen LogP contribution in [0.4, 0.5) is 4.39 Å². The molecule has 0 fully saturated rings. The Morgan fingerprint density at radius 1 is 1.33 bits per heavy atom. The van der Waals surface area contributed by atoms with Crippen LogP contribution in [0.15, 0.2) is 61.1 Å². The van der Waals surface area contributed by atoms with Gasteiger partial charge in [-0.25, -0.2) is 9.37 Å². The van der Waals surface area contributed by atoms with Gasteiger partial charge in [-0.1, -0.05) is 18.7 Å². The van der Waals surface area contributed by atoms with Crippen molar-refractivity contribution in [3.8, 4) is 0 Å². The second-order valence-electron chi connectivity index (χ2n) is 4.15. The van der Waals surface area contributed by atoms with Crippen LogP contribution in [-0.4, -0.2) is 22.9 Å². The number of alkyl halides is 1. The number of halogens is 1. The van der Waals surface area contributed by atoms with Gasteiger partial charge < -0.3 is 10.7 Å². The summed E-state index contributed by atoms with van der Waals surface area (Å²) in [6.07, 6.45) is 7.21. The number of aromatic nitrogens is 2. The van der Waals surface area contributed by atoms with Gasteiger partial charge in [0.25, 0.3) is 0 Å². The molecule has 0 aliphatic carbocycles. The summed E-state index contributed by atoms with van der Waals surface area (Å²) in [7, 11) is 0. The molecule has 1 heterocycles. The van der Waals surface area contributed by atoms with E-state index in [9.17, 15) is 4.39 Å². The first kappa shape index (κ1) is 14.6. The lowest BCUT2D eigenvalue weighted by atomic mass is 10.2. The lowest BCUT2D eigenvalue weighted by Crippen LogP contribution is -2.05. The number of allylic oxidation sites excluding steroid dienone is 3. The van der Waals surface area contributed by atoms with E-state index >= 15 is 0 Å². The summed E-state index contributed by atoms with van der Waals surface area (Å²) in [6.45, 7) is 3.00. The van der Waals surface area contributed by atoms with Crippen LogP contribution in [0.25, 0.3) is 16.6 Å². The third-order valence-electron chi connectivity index (χ3n) is 2.81. The molecule has 2 aromatic rings. The maximum atomic E-state index is 12.3. The van der Waals surface area contributed by atoms with E-state index in [1.165, 1.54) is 18.4 Å². The summed E-state index contributed by atoms with van der Waals surface area (Å²) in [5, 5.41) is 10.4. The summed E-state index contributed by atoms with van der Waals surface area (Å²) >= 11 is 0. The molecule has 0 aliphatic heterocycles. The van der Waals surface area contributed by atoms with E-state index < -0.39 is 6.67 Å². The quantitative estimate of drug-likeness (QED) is 0.631. The standard InChI is InChI=1S/C16H15FN4/c1-2-13(7-8-17)19-10-12(9-18)16-11-20-14-5-3-4-6-15(14)21-16/h2-7,9-11,18-19H,1,8H2/b12-10+,13-7+,18-9?. The minimum Gasteiger partial charge on any atom is -0.361 e. The van der Waals surface area contributed by atoms with Crippen molar-refractivity contribution in [2.24, 2.45) is 0 Å². The van der Waals surface area contributed by atoms with Crippen molar-refractivity contribution in [1.82, 2.24) is 15.3 Å². The molecule has 2 rings (SSSR count). The zero-order valence-electron chi connectivity index (χ0n) is 11.4. The lowest BCUT2D eigenvalue weighted by Gasteiger charge is -2.05. The molecular weight excluding hydrogens is 267 g/mol. The van der Waals surface area contributed by atoms with E-state index in [4.69, 9.17) is 5.41 Å². The average molecular weight is 282 g/mol. The third-order valence-corrected chi connectivity index (χ3v) is 2.81. The minimum atomic E-state index is -0.585. The fourth-order valence-corrected chi connectivity index (χ4v) is 1.73. The number of hydrogen-bond donors (Lipinski definition) is 2. The molecule has 1 aromatic heterocycles. The largest absolute Gasteiger partial charge is 0.361 e. The summed E-state index contributed by atoms with van der Waals surface area (Å²) in [4.78, 5) is 8.76. The maximum Gasteiger partial charge on any atom is 0.110 e. The molecule has 0 spiro atoms. The molecule has 4 nitrogen and oxygen atoms in total. The van der Waals surface area contributed by atoms with Gasteiger partial charge in [-0.3, -0.25) is 4.98 Å². The molecule has 0 aliphatic rings. The highest BCUT2D eigenvalue weighted by Gasteiger charge is 2.03. The van der Waals surface area contributed by atoms with E-state index in [1.807, 2.05) is 24.3 Å². The van der Waals surface area contributed by atoms with Gasteiger partial charge >= 0.3 is 0 Å². The molecule has 0 atom stereocenters. The van der Waals surface area contributed by atoms with Crippen LogP contribution in [0.1, 0.15) is 5.69 Å². The molecule has 5 heteroatoms. The summed E-state index contributed by atoms with van der Waals surface area (Å²) in [5.74, 6) is 0. The highest BCUT2D eigenvalue weighted by molar-refractivity contribution is 6.07. The Morgan fingerprint density at radius 3 is 2.76 bits per heavy atom. The van der Waals surface area contributed by atoms with Crippen LogP contribution in [0.2, 0.25) is 0 Å². The molecular formula is C16H15FN4. The molecule has 0 saturated heterocycles. The van der Waals surface area contributed by atoms with Crippen molar-refractivity contribution in [2.45, 2.75) is 0 Å². The topological polar surface area (TPSA) is 61.7 Å². The van der Waals surface area contributed by atoms with E-state index in [1.54, 1.807) is 12.4 Å². The van der Waals surface area contributed by atoms with Gasteiger partial charge in [-0.2, -0.15) is 0 Å². The molecule has 0 amide bonds. The zero-order valence-corrected chi connectivity index (χ0v) is 11.4. The van der Waals surface area contributed by atoms with Crippen molar-refractivity contribution in [3.63, 3.8) is 0 Å². The van der Waals surface area contributed by atoms with Gasteiger partial charge in [-0.15, -0.1) is 0 Å². The van der Waals surface area contributed by atoms with Crippen molar-refractivity contribution >= 4 is 22.8 Å². The number of benzene rings is 1. The van der Waals surface area contributed by atoms with Crippen LogP contribution >= 0.6 is 0 Å². The molecule has 2 N–H and O–H groups in total. The maximum absolute atomic E-state index is 12.3. The van der Waals surface area contributed by atoms with Crippen molar-refractivity contribution in [1.29, 1.82) is 5.41 Å².